The second kappa shape index (κ2) is 2.64. The maximum absolute atomic E-state index is 11.3. The first-order valence-corrected chi connectivity index (χ1v) is 4.21. The first-order valence-electron chi connectivity index (χ1n) is 4.21. The minimum absolute atomic E-state index is 0.262. The van der Waals surface area contributed by atoms with Crippen molar-refractivity contribution in [3.63, 3.8) is 0 Å². The van der Waals surface area contributed by atoms with Crippen molar-refractivity contribution in [2.24, 2.45) is 11.0 Å². The van der Waals surface area contributed by atoms with Gasteiger partial charge in [0.2, 0.25) is 0 Å². The molecule has 0 bridgehead atoms. The van der Waals surface area contributed by atoms with Gasteiger partial charge in [0.1, 0.15) is 5.71 Å². The fraction of sp³-hybridized carbons (Fsp3) is 0.750. The van der Waals surface area contributed by atoms with Crippen LogP contribution in [0, 0.1) is 5.92 Å². The molecular formula is C8H12N2O. The van der Waals surface area contributed by atoms with Crippen LogP contribution in [0.1, 0.15) is 25.7 Å². The number of ketones is 1. The first-order chi connectivity index (χ1) is 5.38. The molecule has 1 saturated carbocycles. The highest BCUT2D eigenvalue weighted by atomic mass is 16.1. The molecule has 0 aromatic carbocycles. The van der Waals surface area contributed by atoms with Gasteiger partial charge in [-0.05, 0) is 12.8 Å². The molecule has 2 aliphatic rings. The number of rotatable bonds is 0. The number of nitrogens with one attached hydrogen (secondary N) is 1. The molecule has 0 spiro atoms. The predicted molar refractivity (Wildman–Crippen MR) is 42.4 cm³/mol. The smallest absolute Gasteiger partial charge is 0.179 e. The number of hydrazone groups is 1. The minimum atomic E-state index is 0.262. The van der Waals surface area contributed by atoms with Gasteiger partial charge in [0.25, 0.3) is 0 Å². The van der Waals surface area contributed by atoms with Crippen molar-refractivity contribution < 1.29 is 4.79 Å². The molecule has 1 unspecified atom stereocenters. The second-order valence-electron chi connectivity index (χ2n) is 3.23. The maximum atomic E-state index is 11.3. The summed E-state index contributed by atoms with van der Waals surface area (Å²) < 4.78 is 0. The van der Waals surface area contributed by atoms with Crippen LogP contribution < -0.4 is 5.43 Å². The standard InChI is InChI=1S/C8H12N2O/c11-7-4-2-1-3-6-5-9-10-8(6)7/h6,9H,1-5H2. The van der Waals surface area contributed by atoms with Gasteiger partial charge in [0.15, 0.2) is 5.78 Å². The van der Waals surface area contributed by atoms with E-state index in [2.05, 4.69) is 10.5 Å². The molecule has 0 aromatic heterocycles. The third-order valence-corrected chi connectivity index (χ3v) is 2.42. The molecule has 11 heavy (non-hydrogen) atoms. The van der Waals surface area contributed by atoms with Gasteiger partial charge in [0.05, 0.1) is 0 Å². The summed E-state index contributed by atoms with van der Waals surface area (Å²) in [5.74, 6) is 0.683. The van der Waals surface area contributed by atoms with Crippen LogP contribution >= 0.6 is 0 Å². The van der Waals surface area contributed by atoms with E-state index in [0.717, 1.165) is 25.1 Å². The molecule has 1 heterocycles. The van der Waals surface area contributed by atoms with E-state index in [0.29, 0.717) is 12.3 Å². The van der Waals surface area contributed by atoms with Crippen molar-refractivity contribution in [1.82, 2.24) is 5.43 Å². The summed E-state index contributed by atoms with van der Waals surface area (Å²) in [6, 6.07) is 0. The number of hydrogen-bond donors (Lipinski definition) is 1. The average molecular weight is 152 g/mol. The Kier molecular flexibility index (Phi) is 1.64. The summed E-state index contributed by atoms with van der Waals surface area (Å²) in [5, 5.41) is 4.02. The van der Waals surface area contributed by atoms with E-state index < -0.39 is 0 Å². The lowest BCUT2D eigenvalue weighted by Crippen LogP contribution is -2.20. The minimum Gasteiger partial charge on any atom is -0.309 e. The molecule has 3 heteroatoms. The number of hydrogen-bond acceptors (Lipinski definition) is 3. The van der Waals surface area contributed by atoms with Gasteiger partial charge in [-0.25, -0.2) is 0 Å². The SMILES string of the molecule is O=C1CCCCC2CNN=C12. The summed E-state index contributed by atoms with van der Waals surface area (Å²) in [5.41, 5.74) is 3.70. The molecule has 1 aliphatic carbocycles. The number of Topliss-reactive ketones (excluding diaryl/α,β-unsaturated/α-hetero) is 1. The molecule has 0 aromatic rings. The molecule has 60 valence electrons. The van der Waals surface area contributed by atoms with E-state index in [1.54, 1.807) is 0 Å². The van der Waals surface area contributed by atoms with Crippen LogP contribution in [0.4, 0.5) is 0 Å². The van der Waals surface area contributed by atoms with Gasteiger partial charge in [-0.2, -0.15) is 5.10 Å². The van der Waals surface area contributed by atoms with Gasteiger partial charge in [-0.3, -0.25) is 4.79 Å². The third-order valence-electron chi connectivity index (χ3n) is 2.42. The van der Waals surface area contributed by atoms with Crippen molar-refractivity contribution >= 4 is 11.5 Å². The van der Waals surface area contributed by atoms with E-state index >= 15 is 0 Å². The first kappa shape index (κ1) is 6.83. The quantitative estimate of drug-likeness (QED) is 0.555. The molecule has 1 atom stereocenters. The van der Waals surface area contributed by atoms with Crippen molar-refractivity contribution in [3.05, 3.63) is 0 Å². The van der Waals surface area contributed by atoms with E-state index in [4.69, 9.17) is 0 Å². The summed E-state index contributed by atoms with van der Waals surface area (Å²) in [6.45, 7) is 0.876. The predicted octanol–water partition coefficient (Wildman–Crippen LogP) is 0.705. The monoisotopic (exact) mass is 152 g/mol. The molecule has 0 radical (unpaired) electrons. The molecule has 2 rings (SSSR count). The van der Waals surface area contributed by atoms with Crippen molar-refractivity contribution in [2.75, 3.05) is 6.54 Å². The second-order valence-corrected chi connectivity index (χ2v) is 3.23. The van der Waals surface area contributed by atoms with Crippen LogP contribution in [-0.4, -0.2) is 18.0 Å². The van der Waals surface area contributed by atoms with Crippen LogP contribution in [0.3, 0.4) is 0 Å². The Balaban J connectivity index is 2.20. The number of carbonyl (C=O) groups is 1. The van der Waals surface area contributed by atoms with Crippen molar-refractivity contribution in [3.8, 4) is 0 Å². The van der Waals surface area contributed by atoms with Crippen LogP contribution in [-0.2, 0) is 4.79 Å². The highest BCUT2D eigenvalue weighted by Crippen LogP contribution is 2.20. The van der Waals surface area contributed by atoms with Gasteiger partial charge in [0, 0.05) is 18.9 Å². The molecular weight excluding hydrogens is 140 g/mol. The summed E-state index contributed by atoms with van der Waals surface area (Å²) >= 11 is 0. The third kappa shape index (κ3) is 1.15. The molecule has 1 fully saturated rings. The van der Waals surface area contributed by atoms with Gasteiger partial charge in [-0.15, -0.1) is 0 Å². The average Bonchev–Trinajstić information content (AvgIpc) is 2.40. The Bertz CT molecular complexity index is 210. The molecule has 0 saturated heterocycles. The molecule has 3 nitrogen and oxygen atoms in total. The Morgan fingerprint density at radius 3 is 3.27 bits per heavy atom. The Hall–Kier alpha value is -0.860. The highest BCUT2D eigenvalue weighted by molar-refractivity contribution is 6.41. The van der Waals surface area contributed by atoms with Crippen molar-refractivity contribution in [1.29, 1.82) is 0 Å². The summed E-state index contributed by atoms with van der Waals surface area (Å²) in [7, 11) is 0. The number of carbonyl (C=O) groups excluding carboxylic acids is 1. The Morgan fingerprint density at radius 1 is 1.45 bits per heavy atom. The fourth-order valence-corrected chi connectivity index (χ4v) is 1.76. The normalized spacial score (nSPS) is 30.4. The largest absolute Gasteiger partial charge is 0.309 e. The summed E-state index contributed by atoms with van der Waals surface area (Å²) in [4.78, 5) is 11.3. The van der Waals surface area contributed by atoms with E-state index in [1.807, 2.05) is 0 Å². The zero-order valence-corrected chi connectivity index (χ0v) is 6.47. The Morgan fingerprint density at radius 2 is 2.36 bits per heavy atom. The van der Waals surface area contributed by atoms with E-state index in [1.165, 1.54) is 6.42 Å². The zero-order valence-electron chi connectivity index (χ0n) is 6.47. The van der Waals surface area contributed by atoms with E-state index in [9.17, 15) is 4.79 Å². The number of nitrogens with zero attached hydrogens (tertiary/aromatic N) is 1. The van der Waals surface area contributed by atoms with E-state index in [-0.39, 0.29) is 5.78 Å². The lowest BCUT2D eigenvalue weighted by Gasteiger charge is -2.03. The van der Waals surface area contributed by atoms with Crippen LogP contribution in [0.15, 0.2) is 5.10 Å². The van der Waals surface area contributed by atoms with Crippen LogP contribution in [0.2, 0.25) is 0 Å². The lowest BCUT2D eigenvalue weighted by molar-refractivity contribution is -0.113. The maximum Gasteiger partial charge on any atom is 0.179 e. The molecule has 1 aliphatic heterocycles. The Labute approximate surface area is 65.9 Å². The van der Waals surface area contributed by atoms with Gasteiger partial charge < -0.3 is 5.43 Å². The van der Waals surface area contributed by atoms with Crippen LogP contribution in [0.25, 0.3) is 0 Å². The molecule has 0 amide bonds. The zero-order chi connectivity index (χ0) is 7.68. The number of fused-ring (bicyclic) bond motifs is 1. The highest BCUT2D eigenvalue weighted by Gasteiger charge is 2.28. The topological polar surface area (TPSA) is 41.5 Å². The van der Waals surface area contributed by atoms with Gasteiger partial charge in [-0.1, -0.05) is 6.42 Å². The lowest BCUT2D eigenvalue weighted by atomic mass is 9.99. The summed E-state index contributed by atoms with van der Waals surface area (Å²) in [6.07, 6.45) is 4.07. The fourth-order valence-electron chi connectivity index (χ4n) is 1.76. The van der Waals surface area contributed by atoms with Crippen molar-refractivity contribution in [2.45, 2.75) is 25.7 Å². The molecule has 1 N–H and O–H groups in total. The van der Waals surface area contributed by atoms with Gasteiger partial charge >= 0.3 is 0 Å². The van der Waals surface area contributed by atoms with Crippen LogP contribution in [0.5, 0.6) is 0 Å².